The van der Waals surface area contributed by atoms with Gasteiger partial charge in [-0.1, -0.05) is 38.8 Å². The van der Waals surface area contributed by atoms with E-state index in [-0.39, 0.29) is 46.2 Å². The number of carbonyl (C=O) groups excluding carboxylic acids is 2. The molecule has 0 atom stereocenters. The SMILES string of the molecule is CCCCOC(=O)c1ccccc1C(=O)OCCCC.[Na+].[OH-]. The molecule has 0 fully saturated rings. The molecule has 0 amide bonds. The molecule has 0 spiro atoms. The van der Waals surface area contributed by atoms with Gasteiger partial charge in [0, 0.05) is 0 Å². The number of hydrogen-bond acceptors (Lipinski definition) is 5. The number of ether oxygens (including phenoxy) is 2. The molecule has 0 radical (unpaired) electrons. The molecular formula is C16H23NaO5. The van der Waals surface area contributed by atoms with Crippen molar-refractivity contribution in [1.82, 2.24) is 0 Å². The normalized spacial score (nSPS) is 9.18. The van der Waals surface area contributed by atoms with E-state index in [2.05, 4.69) is 0 Å². The minimum atomic E-state index is -0.471. The first-order valence-corrected chi connectivity index (χ1v) is 7.14. The fourth-order valence-electron chi connectivity index (χ4n) is 1.61. The largest absolute Gasteiger partial charge is 1.00 e. The monoisotopic (exact) mass is 318 g/mol. The summed E-state index contributed by atoms with van der Waals surface area (Å²) in [5, 5.41) is 0. The zero-order chi connectivity index (χ0) is 14.8. The number of benzene rings is 1. The van der Waals surface area contributed by atoms with Crippen molar-refractivity contribution >= 4 is 11.9 Å². The molecule has 0 bridgehead atoms. The van der Waals surface area contributed by atoms with Gasteiger partial charge in [0.25, 0.3) is 0 Å². The van der Waals surface area contributed by atoms with E-state index in [4.69, 9.17) is 9.47 Å². The van der Waals surface area contributed by atoms with Crippen molar-refractivity contribution in [2.24, 2.45) is 0 Å². The van der Waals surface area contributed by atoms with Gasteiger partial charge in [-0.05, 0) is 25.0 Å². The molecule has 0 aliphatic rings. The third-order valence-corrected chi connectivity index (χ3v) is 2.83. The van der Waals surface area contributed by atoms with Crippen LogP contribution < -0.4 is 29.6 Å². The minimum Gasteiger partial charge on any atom is -0.870 e. The molecule has 22 heavy (non-hydrogen) atoms. The molecule has 0 aliphatic heterocycles. The van der Waals surface area contributed by atoms with Crippen LogP contribution in [0.15, 0.2) is 24.3 Å². The molecule has 1 aromatic carbocycles. The van der Waals surface area contributed by atoms with Gasteiger partial charge in [0.2, 0.25) is 0 Å². The van der Waals surface area contributed by atoms with Gasteiger partial charge in [-0.15, -0.1) is 0 Å². The third-order valence-electron chi connectivity index (χ3n) is 2.83. The van der Waals surface area contributed by atoms with Crippen LogP contribution >= 0.6 is 0 Å². The standard InChI is InChI=1S/C16H22O4.Na.H2O/c1-3-5-11-19-15(17)13-9-7-8-10-14(13)16(18)20-12-6-4-2;;/h7-10H,3-6,11-12H2,1-2H3;;1H2/q;+1;/p-1. The maximum atomic E-state index is 11.9. The predicted molar refractivity (Wildman–Crippen MR) is 78.8 cm³/mol. The average molecular weight is 318 g/mol. The molecule has 0 unspecified atom stereocenters. The molecule has 6 heteroatoms. The van der Waals surface area contributed by atoms with E-state index in [1.165, 1.54) is 0 Å². The van der Waals surface area contributed by atoms with Crippen molar-refractivity contribution in [2.45, 2.75) is 39.5 Å². The summed E-state index contributed by atoms with van der Waals surface area (Å²) < 4.78 is 10.3. The maximum Gasteiger partial charge on any atom is 1.00 e. The molecule has 1 N–H and O–H groups in total. The van der Waals surface area contributed by atoms with E-state index >= 15 is 0 Å². The fourth-order valence-corrected chi connectivity index (χ4v) is 1.61. The third kappa shape index (κ3) is 7.94. The molecule has 0 saturated heterocycles. The summed E-state index contributed by atoms with van der Waals surface area (Å²) in [6.45, 7) is 4.78. The minimum absolute atomic E-state index is 0. The molecule has 0 saturated carbocycles. The van der Waals surface area contributed by atoms with Crippen molar-refractivity contribution in [3.8, 4) is 0 Å². The molecule has 118 valence electrons. The molecule has 0 heterocycles. The molecule has 0 aliphatic carbocycles. The summed E-state index contributed by atoms with van der Waals surface area (Å²) in [6.07, 6.45) is 3.53. The van der Waals surface area contributed by atoms with Gasteiger partial charge >= 0.3 is 41.5 Å². The molecule has 1 rings (SSSR count). The zero-order valence-corrected chi connectivity index (χ0v) is 15.6. The summed E-state index contributed by atoms with van der Waals surface area (Å²) in [4.78, 5) is 23.9. The Labute approximate surface area is 154 Å². The second kappa shape index (κ2) is 13.8. The van der Waals surface area contributed by atoms with Gasteiger partial charge < -0.3 is 14.9 Å². The smallest absolute Gasteiger partial charge is 0.870 e. The van der Waals surface area contributed by atoms with Crippen LogP contribution in [0.5, 0.6) is 0 Å². The van der Waals surface area contributed by atoms with Crippen molar-refractivity contribution in [1.29, 1.82) is 0 Å². The van der Waals surface area contributed by atoms with Gasteiger partial charge in [0.1, 0.15) is 0 Å². The second-order valence-electron chi connectivity index (χ2n) is 4.52. The van der Waals surface area contributed by atoms with Gasteiger partial charge in [-0.3, -0.25) is 0 Å². The van der Waals surface area contributed by atoms with Crippen LogP contribution in [0.1, 0.15) is 60.2 Å². The number of esters is 2. The summed E-state index contributed by atoms with van der Waals surface area (Å²) in [7, 11) is 0. The van der Waals surface area contributed by atoms with Crippen LogP contribution in [0.2, 0.25) is 0 Å². The first kappa shape index (κ1) is 23.4. The predicted octanol–water partition coefficient (Wildman–Crippen LogP) is 0.428. The van der Waals surface area contributed by atoms with Crippen LogP contribution in [-0.4, -0.2) is 30.6 Å². The van der Waals surface area contributed by atoms with Crippen LogP contribution in [0.4, 0.5) is 0 Å². The van der Waals surface area contributed by atoms with Crippen molar-refractivity contribution in [3.63, 3.8) is 0 Å². The fraction of sp³-hybridized carbons (Fsp3) is 0.500. The number of carbonyl (C=O) groups is 2. The average Bonchev–Trinajstić information content (AvgIpc) is 2.47. The van der Waals surface area contributed by atoms with Gasteiger partial charge in [0.15, 0.2) is 0 Å². The number of rotatable bonds is 8. The van der Waals surface area contributed by atoms with Gasteiger partial charge in [-0.2, -0.15) is 0 Å². The van der Waals surface area contributed by atoms with E-state index in [1.807, 2.05) is 13.8 Å². The van der Waals surface area contributed by atoms with E-state index in [1.54, 1.807) is 24.3 Å². The summed E-state index contributed by atoms with van der Waals surface area (Å²) in [6, 6.07) is 6.59. The van der Waals surface area contributed by atoms with Crippen LogP contribution in [0.25, 0.3) is 0 Å². The summed E-state index contributed by atoms with van der Waals surface area (Å²) >= 11 is 0. The molecule has 1 aromatic rings. The Kier molecular flexibility index (Phi) is 14.6. The first-order valence-electron chi connectivity index (χ1n) is 7.14. The second-order valence-corrected chi connectivity index (χ2v) is 4.52. The van der Waals surface area contributed by atoms with Crippen molar-refractivity contribution in [2.75, 3.05) is 13.2 Å². The molecule has 0 aromatic heterocycles. The Balaban J connectivity index is 0. The molecular weight excluding hydrogens is 295 g/mol. The topological polar surface area (TPSA) is 82.6 Å². The maximum absolute atomic E-state index is 11.9. The Morgan fingerprint density at radius 1 is 0.864 bits per heavy atom. The van der Waals surface area contributed by atoms with E-state index in [0.29, 0.717) is 13.2 Å². The van der Waals surface area contributed by atoms with E-state index in [0.717, 1.165) is 25.7 Å². The van der Waals surface area contributed by atoms with Crippen molar-refractivity contribution in [3.05, 3.63) is 35.4 Å². The Bertz CT molecular complexity index is 407. The van der Waals surface area contributed by atoms with Gasteiger partial charge in [0.05, 0.1) is 24.3 Å². The Hall–Kier alpha value is -0.880. The van der Waals surface area contributed by atoms with Crippen LogP contribution in [0.3, 0.4) is 0 Å². The number of unbranched alkanes of at least 4 members (excludes halogenated alkanes) is 2. The summed E-state index contributed by atoms with van der Waals surface area (Å²) in [5.74, 6) is -0.942. The first-order chi connectivity index (χ1) is 9.70. The number of hydrogen-bond donors (Lipinski definition) is 0. The zero-order valence-electron chi connectivity index (χ0n) is 13.6. The van der Waals surface area contributed by atoms with Crippen LogP contribution in [-0.2, 0) is 9.47 Å². The van der Waals surface area contributed by atoms with E-state index in [9.17, 15) is 9.59 Å². The quantitative estimate of drug-likeness (QED) is 0.394. The molecule has 5 nitrogen and oxygen atoms in total. The van der Waals surface area contributed by atoms with Crippen LogP contribution in [0, 0.1) is 0 Å². The van der Waals surface area contributed by atoms with Gasteiger partial charge in [-0.25, -0.2) is 9.59 Å². The Morgan fingerprint density at radius 2 is 1.23 bits per heavy atom. The van der Waals surface area contributed by atoms with Crippen molar-refractivity contribution < 1.29 is 54.1 Å². The Morgan fingerprint density at radius 3 is 1.55 bits per heavy atom. The van der Waals surface area contributed by atoms with E-state index < -0.39 is 11.9 Å². The summed E-state index contributed by atoms with van der Waals surface area (Å²) in [5.41, 5.74) is 0.537.